The van der Waals surface area contributed by atoms with Gasteiger partial charge in [-0.3, -0.25) is 4.79 Å². The van der Waals surface area contributed by atoms with Crippen LogP contribution in [0.4, 0.5) is 5.95 Å². The SMILES string of the molecule is COc1ccc(-c2ccc(COc3ccc(C)cc3-c3ccnc(N4CCC(C(=O)O)CC4)n3)c(C)c2)cn1. The lowest BCUT2D eigenvalue weighted by Crippen LogP contribution is -2.37. The van der Waals surface area contributed by atoms with Crippen molar-refractivity contribution in [2.24, 2.45) is 5.92 Å². The summed E-state index contributed by atoms with van der Waals surface area (Å²) >= 11 is 0. The summed E-state index contributed by atoms with van der Waals surface area (Å²) in [5.41, 5.74) is 7.12. The molecule has 4 aromatic rings. The fourth-order valence-electron chi connectivity index (χ4n) is 4.81. The van der Waals surface area contributed by atoms with Crippen LogP contribution in [0.3, 0.4) is 0 Å². The zero-order chi connectivity index (χ0) is 27.4. The number of aryl methyl sites for hydroxylation is 2. The summed E-state index contributed by atoms with van der Waals surface area (Å²) in [5, 5.41) is 9.31. The lowest BCUT2D eigenvalue weighted by atomic mass is 9.97. The maximum absolute atomic E-state index is 11.3. The molecule has 0 atom stereocenters. The number of carboxylic acids is 1. The maximum atomic E-state index is 11.3. The molecule has 0 unspecified atom stereocenters. The van der Waals surface area contributed by atoms with E-state index in [0.29, 0.717) is 44.4 Å². The summed E-state index contributed by atoms with van der Waals surface area (Å²) in [6, 6.07) is 18.1. The first-order valence-electron chi connectivity index (χ1n) is 13.1. The number of carbonyl (C=O) groups is 1. The molecule has 0 bridgehead atoms. The van der Waals surface area contributed by atoms with Crippen molar-refractivity contribution in [3.05, 3.63) is 83.7 Å². The van der Waals surface area contributed by atoms with Crippen LogP contribution in [0.2, 0.25) is 0 Å². The van der Waals surface area contributed by atoms with Gasteiger partial charge in [-0.15, -0.1) is 0 Å². The Bertz CT molecular complexity index is 1460. The van der Waals surface area contributed by atoms with Gasteiger partial charge in [0.2, 0.25) is 11.8 Å². The first-order chi connectivity index (χ1) is 18.9. The Morgan fingerprint density at radius 1 is 1.00 bits per heavy atom. The topological polar surface area (TPSA) is 97.7 Å². The second kappa shape index (κ2) is 11.5. The quantitative estimate of drug-likeness (QED) is 0.313. The zero-order valence-electron chi connectivity index (χ0n) is 22.4. The van der Waals surface area contributed by atoms with Gasteiger partial charge < -0.3 is 19.5 Å². The van der Waals surface area contributed by atoms with Gasteiger partial charge in [0.1, 0.15) is 12.4 Å². The molecule has 200 valence electrons. The predicted molar refractivity (Wildman–Crippen MR) is 150 cm³/mol. The van der Waals surface area contributed by atoms with Crippen LogP contribution in [0.5, 0.6) is 11.6 Å². The first kappa shape index (κ1) is 26.2. The van der Waals surface area contributed by atoms with Crippen molar-refractivity contribution in [3.8, 4) is 34.0 Å². The number of anilines is 1. The Hall–Kier alpha value is -4.46. The van der Waals surface area contributed by atoms with Gasteiger partial charge in [0.05, 0.1) is 18.7 Å². The van der Waals surface area contributed by atoms with E-state index in [9.17, 15) is 9.90 Å². The van der Waals surface area contributed by atoms with Gasteiger partial charge in [0, 0.05) is 42.7 Å². The van der Waals surface area contributed by atoms with Gasteiger partial charge in [-0.2, -0.15) is 0 Å². The molecule has 2 aromatic carbocycles. The maximum Gasteiger partial charge on any atom is 0.306 e. The van der Waals surface area contributed by atoms with Crippen molar-refractivity contribution in [1.29, 1.82) is 0 Å². The minimum absolute atomic E-state index is 0.299. The lowest BCUT2D eigenvalue weighted by Gasteiger charge is -2.30. The van der Waals surface area contributed by atoms with Crippen LogP contribution < -0.4 is 14.4 Å². The number of nitrogens with zero attached hydrogens (tertiary/aromatic N) is 4. The molecule has 3 heterocycles. The molecule has 8 nitrogen and oxygen atoms in total. The molecule has 1 fully saturated rings. The van der Waals surface area contributed by atoms with Crippen LogP contribution in [0.15, 0.2) is 67.0 Å². The van der Waals surface area contributed by atoms with Crippen LogP contribution >= 0.6 is 0 Å². The van der Waals surface area contributed by atoms with Gasteiger partial charge in [0.15, 0.2) is 0 Å². The Morgan fingerprint density at radius 3 is 2.49 bits per heavy atom. The molecule has 0 radical (unpaired) electrons. The molecule has 0 aliphatic carbocycles. The number of aliphatic carboxylic acids is 1. The minimum Gasteiger partial charge on any atom is -0.488 e. The van der Waals surface area contributed by atoms with Gasteiger partial charge in [-0.25, -0.2) is 15.0 Å². The molecule has 0 amide bonds. The van der Waals surface area contributed by atoms with E-state index >= 15 is 0 Å². The molecule has 1 aliphatic rings. The number of hydrogen-bond donors (Lipinski definition) is 1. The highest BCUT2D eigenvalue weighted by atomic mass is 16.5. The number of methoxy groups -OCH3 is 1. The van der Waals surface area contributed by atoms with E-state index in [-0.39, 0.29) is 5.92 Å². The first-order valence-corrected chi connectivity index (χ1v) is 13.1. The third-order valence-corrected chi connectivity index (χ3v) is 7.19. The number of ether oxygens (including phenoxy) is 2. The summed E-state index contributed by atoms with van der Waals surface area (Å²) < 4.78 is 11.5. The van der Waals surface area contributed by atoms with E-state index in [1.165, 1.54) is 0 Å². The highest BCUT2D eigenvalue weighted by Crippen LogP contribution is 2.32. The molecule has 0 saturated carbocycles. The summed E-state index contributed by atoms with van der Waals surface area (Å²) in [5.74, 6) is 0.925. The molecular formula is C31H32N4O4. The third kappa shape index (κ3) is 6.00. The Morgan fingerprint density at radius 2 is 1.79 bits per heavy atom. The van der Waals surface area contributed by atoms with E-state index in [0.717, 1.165) is 44.8 Å². The zero-order valence-corrected chi connectivity index (χ0v) is 22.4. The molecule has 1 N–H and O–H groups in total. The minimum atomic E-state index is -0.728. The van der Waals surface area contributed by atoms with Crippen LogP contribution in [-0.4, -0.2) is 46.2 Å². The number of carboxylic acid groups (broad SMARTS) is 1. The average Bonchev–Trinajstić information content (AvgIpc) is 2.97. The fourth-order valence-corrected chi connectivity index (χ4v) is 4.81. The Labute approximate surface area is 228 Å². The number of rotatable bonds is 8. The highest BCUT2D eigenvalue weighted by Gasteiger charge is 2.26. The van der Waals surface area contributed by atoms with Gasteiger partial charge in [-0.05, 0) is 67.6 Å². The molecule has 1 saturated heterocycles. The van der Waals surface area contributed by atoms with Crippen LogP contribution in [-0.2, 0) is 11.4 Å². The Balaban J connectivity index is 1.33. The smallest absolute Gasteiger partial charge is 0.306 e. The number of hydrogen-bond acceptors (Lipinski definition) is 7. The monoisotopic (exact) mass is 524 g/mol. The lowest BCUT2D eigenvalue weighted by molar-refractivity contribution is -0.142. The van der Waals surface area contributed by atoms with Crippen molar-refractivity contribution in [2.75, 3.05) is 25.1 Å². The van der Waals surface area contributed by atoms with Crippen LogP contribution in [0, 0.1) is 19.8 Å². The van der Waals surface area contributed by atoms with Crippen molar-refractivity contribution in [1.82, 2.24) is 15.0 Å². The normalized spacial score (nSPS) is 13.8. The molecule has 1 aliphatic heterocycles. The molecule has 8 heteroatoms. The van der Waals surface area contributed by atoms with Crippen LogP contribution in [0.25, 0.3) is 22.4 Å². The van der Waals surface area contributed by atoms with Crippen LogP contribution in [0.1, 0.15) is 29.5 Å². The van der Waals surface area contributed by atoms with Crippen molar-refractivity contribution >= 4 is 11.9 Å². The number of pyridine rings is 1. The molecular weight excluding hydrogens is 492 g/mol. The molecule has 2 aromatic heterocycles. The number of benzene rings is 2. The highest BCUT2D eigenvalue weighted by molar-refractivity contribution is 5.71. The molecule has 0 spiro atoms. The summed E-state index contributed by atoms with van der Waals surface area (Å²) in [6.07, 6.45) is 4.75. The largest absolute Gasteiger partial charge is 0.488 e. The standard InChI is InChI=1S/C31H32N4O4/c1-20-4-8-28(39-19-25-6-5-23(17-21(25)2)24-7-9-29(38-3)33-18-24)26(16-20)27-10-13-32-31(34-27)35-14-11-22(12-15-35)30(36)37/h4-10,13,16-18,22H,11-12,14-15,19H2,1-3H3,(H,36,37). The van der Waals surface area contributed by atoms with E-state index < -0.39 is 5.97 Å². The van der Waals surface area contributed by atoms with E-state index in [1.54, 1.807) is 13.3 Å². The Kier molecular flexibility index (Phi) is 7.72. The summed E-state index contributed by atoms with van der Waals surface area (Å²) in [7, 11) is 1.61. The summed E-state index contributed by atoms with van der Waals surface area (Å²) in [6.45, 7) is 5.80. The van der Waals surface area contributed by atoms with E-state index in [4.69, 9.17) is 14.5 Å². The van der Waals surface area contributed by atoms with Crippen molar-refractivity contribution in [3.63, 3.8) is 0 Å². The number of aromatic nitrogens is 3. The predicted octanol–water partition coefficient (Wildman–Crippen LogP) is 5.71. The molecule has 5 rings (SSSR count). The number of piperidine rings is 1. The van der Waals surface area contributed by atoms with Gasteiger partial charge in [0.25, 0.3) is 0 Å². The van der Waals surface area contributed by atoms with Crippen molar-refractivity contribution in [2.45, 2.75) is 33.3 Å². The summed E-state index contributed by atoms with van der Waals surface area (Å²) in [4.78, 5) is 27.0. The van der Waals surface area contributed by atoms with E-state index in [1.807, 2.05) is 43.5 Å². The molecule has 39 heavy (non-hydrogen) atoms. The van der Waals surface area contributed by atoms with Gasteiger partial charge >= 0.3 is 5.97 Å². The fraction of sp³-hybridized carbons (Fsp3) is 0.290. The second-order valence-corrected chi connectivity index (χ2v) is 9.86. The van der Waals surface area contributed by atoms with Crippen molar-refractivity contribution < 1.29 is 19.4 Å². The third-order valence-electron chi connectivity index (χ3n) is 7.19. The van der Waals surface area contributed by atoms with Gasteiger partial charge in [-0.1, -0.05) is 29.8 Å². The second-order valence-electron chi connectivity index (χ2n) is 9.86. The average molecular weight is 525 g/mol. The van der Waals surface area contributed by atoms with E-state index in [2.05, 4.69) is 46.1 Å².